The lowest BCUT2D eigenvalue weighted by molar-refractivity contribution is -0.175. The van der Waals surface area contributed by atoms with Crippen LogP contribution < -0.4 is 5.73 Å². The van der Waals surface area contributed by atoms with E-state index in [1.54, 1.807) is 47.1 Å². The number of nitrogens with zero attached hydrogens (tertiary/aromatic N) is 10. The van der Waals surface area contributed by atoms with Crippen LogP contribution in [0.1, 0.15) is 135 Å². The topological polar surface area (TPSA) is 247 Å². The van der Waals surface area contributed by atoms with Crippen molar-refractivity contribution in [2.75, 3.05) is 37.9 Å². The summed E-state index contributed by atoms with van der Waals surface area (Å²) in [5.74, 6) is -3.39. The van der Waals surface area contributed by atoms with Gasteiger partial charge in [-0.1, -0.05) is 71.5 Å². The first kappa shape index (κ1) is 65.5. The van der Waals surface area contributed by atoms with E-state index in [9.17, 15) is 27.2 Å². The number of rotatable bonds is 20. The second-order valence-corrected chi connectivity index (χ2v) is 25.0. The summed E-state index contributed by atoms with van der Waals surface area (Å²) in [5, 5.41) is 19.1. The standard InChI is InChI=1S/C29H35F2N5O5S.C19H26ClN5O5S.C9H9F2N.ClH/c1-5-9-42-28-32-20(12-16-10-17(16)15-7-8-18(30)19(31)11-15)24-27(33-28)36(35-34-24)21-13-22(39-14-23(37)38-6-2)26-25(21)40-29(3,4)41-26;1-5-7-31-18-21-16(20)13-17(22-18)25(24-23-13)10-8-11(28-9-12(26)27-6-2)15-14(10)29-19(3,4)30-15;10-7-2-1-5(3-8(7)11)6-4-9(6)12;/h7-8,11,16-17,21-22,25-26H,5-6,9-10,12-14H2,1-4H3;10-11,14-15H,5-9H2,1-4H3;1-3,6,9H,4,12H2;1H/t16?,17-,21?,22+,25+,26-;10?,11-,14-,15+;6?,9-;/m101./s1. The van der Waals surface area contributed by atoms with E-state index in [0.717, 1.165) is 60.1 Å². The number of carbonyl (C=O) groups excluding carboxylic acids is 2. The average molecular weight is 1280 g/mol. The molecule has 2 N–H and O–H groups in total. The van der Waals surface area contributed by atoms with Gasteiger partial charge in [0.2, 0.25) is 0 Å². The normalized spacial score (nSPS) is 27.1. The zero-order chi connectivity index (χ0) is 60.5. The number of fused-ring (bicyclic) bond motifs is 4. The molecule has 4 unspecified atom stereocenters. The number of aromatic nitrogens is 10. The van der Waals surface area contributed by atoms with Crippen molar-refractivity contribution in [1.82, 2.24) is 49.9 Å². The molecule has 0 bridgehead atoms. The highest BCUT2D eigenvalue weighted by molar-refractivity contribution is 7.99. The Bertz CT molecular complexity index is 3380. The summed E-state index contributed by atoms with van der Waals surface area (Å²) >= 11 is 9.45. The highest BCUT2D eigenvalue weighted by Gasteiger charge is 2.58. The first-order valence-electron chi connectivity index (χ1n) is 28.7. The number of thioether (sulfide) groups is 2. The number of hydrogen-bond donors (Lipinski definition) is 1. The van der Waals surface area contributed by atoms with Crippen molar-refractivity contribution < 1.29 is 65.0 Å². The Labute approximate surface area is 514 Å². The van der Waals surface area contributed by atoms with E-state index in [1.807, 2.05) is 27.7 Å². The summed E-state index contributed by atoms with van der Waals surface area (Å²) in [6.07, 6.45) is 3.04. The molecule has 21 nitrogen and oxygen atoms in total. The van der Waals surface area contributed by atoms with Crippen LogP contribution in [0.5, 0.6) is 0 Å². The lowest BCUT2D eigenvalue weighted by Crippen LogP contribution is -2.32. The fourth-order valence-corrected chi connectivity index (χ4v) is 13.0. The van der Waals surface area contributed by atoms with Crippen LogP contribution in [0.2, 0.25) is 5.15 Å². The van der Waals surface area contributed by atoms with Crippen molar-refractivity contribution in [2.45, 2.75) is 189 Å². The van der Waals surface area contributed by atoms with E-state index in [1.165, 1.54) is 30.0 Å². The minimum atomic E-state index is -0.842. The van der Waals surface area contributed by atoms with Crippen LogP contribution >= 0.6 is 47.5 Å². The number of esters is 2. The van der Waals surface area contributed by atoms with Crippen molar-refractivity contribution in [3.63, 3.8) is 0 Å². The Hall–Kier alpha value is -4.94. The Morgan fingerprint density at radius 3 is 1.56 bits per heavy atom. The number of halogens is 6. The first-order chi connectivity index (χ1) is 40.7. The molecule has 2 aromatic carbocycles. The van der Waals surface area contributed by atoms with Crippen molar-refractivity contribution in [2.24, 2.45) is 11.7 Å². The predicted octanol–water partition coefficient (Wildman–Crippen LogP) is 9.75. The van der Waals surface area contributed by atoms with Crippen LogP contribution in [0.4, 0.5) is 17.6 Å². The highest BCUT2D eigenvalue weighted by Crippen LogP contribution is 2.51. The Morgan fingerprint density at radius 1 is 0.640 bits per heavy atom. The SMILES string of the molecule is CCCSc1nc(CC2C[C@@H]2c2ccc(F)c(F)c2)c2nnn(C3C[C@H](OCC(=O)OCC)[C@H]4OC(C)(C)O[C@@H]34)c2n1.CCCSc1nc(Cl)c2nnn(C3C[C@H](OCC(=O)OCC)[C@H]4OC(C)(C)O[C@@H]34)c2n1.Cl.N[C@@H]1CC1c1ccc(F)c(F)c1. The minimum Gasteiger partial charge on any atom is -0.464 e. The maximum atomic E-state index is 13.9. The zero-order valence-electron chi connectivity index (χ0n) is 48.8. The lowest BCUT2D eigenvalue weighted by atomic mass is 10.1. The van der Waals surface area contributed by atoms with Gasteiger partial charge >= 0.3 is 11.9 Å². The number of hydrogen-bond acceptors (Lipinski definition) is 21. The molecule has 6 aliphatic rings. The molecule has 6 fully saturated rings. The molecule has 12 atom stereocenters. The van der Waals surface area contributed by atoms with Gasteiger partial charge in [-0.2, -0.15) is 0 Å². The summed E-state index contributed by atoms with van der Waals surface area (Å²) in [4.78, 5) is 42.5. The van der Waals surface area contributed by atoms with Gasteiger partial charge in [-0.15, -0.1) is 22.6 Å². The third-order valence-corrected chi connectivity index (χ3v) is 17.7. The van der Waals surface area contributed by atoms with E-state index in [2.05, 4.69) is 44.4 Å². The van der Waals surface area contributed by atoms with E-state index in [0.29, 0.717) is 58.5 Å². The van der Waals surface area contributed by atoms with E-state index >= 15 is 0 Å². The van der Waals surface area contributed by atoms with Gasteiger partial charge < -0.3 is 43.6 Å². The van der Waals surface area contributed by atoms with Crippen LogP contribution in [0.15, 0.2) is 46.7 Å². The lowest BCUT2D eigenvalue weighted by Gasteiger charge is -2.23. The molecule has 0 radical (unpaired) electrons. The van der Waals surface area contributed by atoms with Crippen molar-refractivity contribution in [1.29, 1.82) is 0 Å². The smallest absolute Gasteiger partial charge is 0.332 e. The number of carbonyl (C=O) groups is 2. The molecule has 4 aliphatic carbocycles. The molecule has 86 heavy (non-hydrogen) atoms. The van der Waals surface area contributed by atoms with Gasteiger partial charge in [0.15, 0.2) is 72.6 Å². The second kappa shape index (κ2) is 27.8. The van der Waals surface area contributed by atoms with E-state index in [-0.39, 0.29) is 97.7 Å². The number of ether oxygens (including phenoxy) is 8. The zero-order valence-corrected chi connectivity index (χ0v) is 52.0. The van der Waals surface area contributed by atoms with E-state index in [4.69, 9.17) is 65.2 Å². The van der Waals surface area contributed by atoms with Gasteiger partial charge in [0.05, 0.1) is 43.2 Å². The maximum absolute atomic E-state index is 13.9. The average Bonchev–Trinajstić information content (AvgIpc) is 1.67. The molecule has 6 aromatic rings. The van der Waals surface area contributed by atoms with Crippen LogP contribution in [0.25, 0.3) is 22.3 Å². The second-order valence-electron chi connectivity index (χ2n) is 22.6. The third kappa shape index (κ3) is 15.0. The quantitative estimate of drug-likeness (QED) is 0.0245. The van der Waals surface area contributed by atoms with Crippen LogP contribution in [0, 0.1) is 29.2 Å². The van der Waals surface area contributed by atoms with Crippen LogP contribution in [0.3, 0.4) is 0 Å². The largest absolute Gasteiger partial charge is 0.464 e. The molecule has 4 saturated carbocycles. The van der Waals surface area contributed by atoms with Gasteiger partial charge in [-0.25, -0.2) is 56.5 Å². The summed E-state index contributed by atoms with van der Waals surface area (Å²) in [5.41, 5.74) is 10.1. The summed E-state index contributed by atoms with van der Waals surface area (Å²) in [6.45, 7) is 15.4. The van der Waals surface area contributed by atoms with Gasteiger partial charge in [-0.3, -0.25) is 0 Å². The maximum Gasteiger partial charge on any atom is 0.332 e. The fourth-order valence-electron chi connectivity index (χ4n) is 11.3. The molecule has 2 aliphatic heterocycles. The van der Waals surface area contributed by atoms with Gasteiger partial charge in [-0.05, 0) is 121 Å². The predicted molar refractivity (Wildman–Crippen MR) is 311 cm³/mol. The van der Waals surface area contributed by atoms with Crippen molar-refractivity contribution >= 4 is 81.8 Å². The molecular weight excluding hydrogens is 1210 g/mol. The minimum absolute atomic E-state index is 0. The number of benzene rings is 2. The molecular formula is C57H71Cl2F4N11O10S2. The Balaban J connectivity index is 0.000000175. The molecule has 12 rings (SSSR count). The third-order valence-electron chi connectivity index (χ3n) is 15.3. The number of nitrogens with two attached hydrogens (primary N) is 1. The summed E-state index contributed by atoms with van der Waals surface area (Å²) in [6, 6.07) is 7.68. The summed E-state index contributed by atoms with van der Waals surface area (Å²) < 4.78 is 103. The first-order valence-corrected chi connectivity index (χ1v) is 31.1. The van der Waals surface area contributed by atoms with Crippen LogP contribution in [-0.4, -0.2) is 154 Å². The Kier molecular flexibility index (Phi) is 21.2. The summed E-state index contributed by atoms with van der Waals surface area (Å²) in [7, 11) is 0. The Morgan fingerprint density at radius 2 is 1.09 bits per heavy atom. The highest BCUT2D eigenvalue weighted by atomic mass is 35.5. The van der Waals surface area contributed by atoms with Gasteiger partial charge in [0.1, 0.15) is 37.6 Å². The molecule has 6 heterocycles. The molecule has 4 aromatic heterocycles. The van der Waals surface area contributed by atoms with Gasteiger partial charge in [0, 0.05) is 36.3 Å². The molecule has 0 amide bonds. The molecule has 29 heteroatoms. The fraction of sp³-hybridized carbons (Fsp3) is 0.614. The van der Waals surface area contributed by atoms with Gasteiger partial charge in [0.25, 0.3) is 0 Å². The molecule has 2 saturated heterocycles. The van der Waals surface area contributed by atoms with E-state index < -0.39 is 59.0 Å². The molecule has 0 spiro atoms. The van der Waals surface area contributed by atoms with Crippen LogP contribution in [-0.2, 0) is 53.9 Å². The molecule has 468 valence electrons. The monoisotopic (exact) mass is 1280 g/mol. The van der Waals surface area contributed by atoms with Crippen molar-refractivity contribution in [3.8, 4) is 0 Å². The van der Waals surface area contributed by atoms with Crippen molar-refractivity contribution in [3.05, 3.63) is 81.6 Å².